The molecule has 0 spiro atoms. The molecule has 10 heteroatoms. The Labute approximate surface area is 174 Å². The standard InChI is InChI=1S/C19H21ClFN3O4S/c1-28-17-7-6-14(20)12-18(17)29(26,27)24-10-8-23(9-11-24)13-19(25)22-16-5-3-2-4-15(16)21/h2-7,12H,8-11,13H2,1H3,(H,22,25). The maximum absolute atomic E-state index is 13.6. The van der Waals surface area contributed by atoms with E-state index in [2.05, 4.69) is 5.32 Å². The quantitative estimate of drug-likeness (QED) is 0.744. The fourth-order valence-corrected chi connectivity index (χ4v) is 4.92. The summed E-state index contributed by atoms with van der Waals surface area (Å²) in [4.78, 5) is 14.0. The highest BCUT2D eigenvalue weighted by atomic mass is 35.5. The number of nitrogens with zero attached hydrogens (tertiary/aromatic N) is 2. The molecule has 156 valence electrons. The minimum Gasteiger partial charge on any atom is -0.495 e. The molecule has 1 saturated heterocycles. The number of carbonyl (C=O) groups excluding carboxylic acids is 1. The molecule has 29 heavy (non-hydrogen) atoms. The predicted octanol–water partition coefficient (Wildman–Crippen LogP) is 2.43. The van der Waals surface area contributed by atoms with Crippen LogP contribution in [0.1, 0.15) is 0 Å². The summed E-state index contributed by atoms with van der Waals surface area (Å²) in [6.07, 6.45) is 0. The fourth-order valence-electron chi connectivity index (χ4n) is 3.07. The van der Waals surface area contributed by atoms with Crippen LogP contribution in [0.2, 0.25) is 5.02 Å². The van der Waals surface area contributed by atoms with E-state index in [-0.39, 0.29) is 41.9 Å². The first-order valence-corrected chi connectivity index (χ1v) is 10.7. The second kappa shape index (κ2) is 9.08. The second-order valence-corrected chi connectivity index (χ2v) is 8.85. The van der Waals surface area contributed by atoms with E-state index in [0.717, 1.165) is 0 Å². The van der Waals surface area contributed by atoms with Gasteiger partial charge in [0, 0.05) is 31.2 Å². The lowest BCUT2D eigenvalue weighted by molar-refractivity contribution is -0.117. The summed E-state index contributed by atoms with van der Waals surface area (Å²) in [6.45, 7) is 1.21. The average molecular weight is 442 g/mol. The van der Waals surface area contributed by atoms with Gasteiger partial charge in [-0.15, -0.1) is 0 Å². The third-order valence-electron chi connectivity index (χ3n) is 4.59. The first-order valence-electron chi connectivity index (χ1n) is 8.91. The zero-order valence-corrected chi connectivity index (χ0v) is 17.3. The van der Waals surface area contributed by atoms with Crippen LogP contribution in [-0.4, -0.2) is 63.4 Å². The van der Waals surface area contributed by atoms with Crippen LogP contribution >= 0.6 is 11.6 Å². The Kier molecular flexibility index (Phi) is 6.74. The van der Waals surface area contributed by atoms with Crippen molar-refractivity contribution in [3.8, 4) is 5.75 Å². The number of para-hydroxylation sites is 1. The van der Waals surface area contributed by atoms with E-state index in [1.54, 1.807) is 18.2 Å². The first kappa shape index (κ1) is 21.5. The van der Waals surface area contributed by atoms with E-state index in [1.807, 2.05) is 4.90 Å². The van der Waals surface area contributed by atoms with Gasteiger partial charge in [0.25, 0.3) is 0 Å². The molecule has 0 aliphatic carbocycles. The van der Waals surface area contributed by atoms with Crippen molar-refractivity contribution in [1.82, 2.24) is 9.21 Å². The second-order valence-electron chi connectivity index (χ2n) is 6.50. The van der Waals surface area contributed by atoms with Crippen LogP contribution in [0.3, 0.4) is 0 Å². The highest BCUT2D eigenvalue weighted by molar-refractivity contribution is 7.89. The number of carbonyl (C=O) groups is 1. The topological polar surface area (TPSA) is 79.0 Å². The number of methoxy groups -OCH3 is 1. The molecular formula is C19H21ClFN3O4S. The molecule has 0 atom stereocenters. The Morgan fingerprint density at radius 2 is 1.86 bits per heavy atom. The van der Waals surface area contributed by atoms with Gasteiger partial charge in [0.1, 0.15) is 16.5 Å². The molecule has 1 aliphatic rings. The van der Waals surface area contributed by atoms with Crippen molar-refractivity contribution in [2.24, 2.45) is 0 Å². The Morgan fingerprint density at radius 1 is 1.17 bits per heavy atom. The van der Waals surface area contributed by atoms with Gasteiger partial charge in [-0.25, -0.2) is 12.8 Å². The average Bonchev–Trinajstić information content (AvgIpc) is 2.70. The monoisotopic (exact) mass is 441 g/mol. The van der Waals surface area contributed by atoms with E-state index >= 15 is 0 Å². The van der Waals surface area contributed by atoms with Crippen molar-refractivity contribution in [2.45, 2.75) is 4.90 Å². The van der Waals surface area contributed by atoms with Crippen LogP contribution in [0.5, 0.6) is 5.75 Å². The first-order chi connectivity index (χ1) is 13.8. The number of hydrogen-bond donors (Lipinski definition) is 1. The number of piperazine rings is 1. The summed E-state index contributed by atoms with van der Waals surface area (Å²) in [7, 11) is -2.39. The number of nitrogens with one attached hydrogen (secondary N) is 1. The van der Waals surface area contributed by atoms with Gasteiger partial charge in [-0.3, -0.25) is 9.69 Å². The number of anilines is 1. The van der Waals surface area contributed by atoms with Gasteiger partial charge in [-0.2, -0.15) is 4.31 Å². The van der Waals surface area contributed by atoms with Crippen molar-refractivity contribution < 1.29 is 22.3 Å². The van der Waals surface area contributed by atoms with E-state index in [1.165, 1.54) is 35.7 Å². The zero-order chi connectivity index (χ0) is 21.0. The normalized spacial score (nSPS) is 15.8. The van der Waals surface area contributed by atoms with Gasteiger partial charge in [0.05, 0.1) is 19.3 Å². The van der Waals surface area contributed by atoms with Gasteiger partial charge in [-0.1, -0.05) is 23.7 Å². The predicted molar refractivity (Wildman–Crippen MR) is 108 cm³/mol. The lowest BCUT2D eigenvalue weighted by Crippen LogP contribution is -2.50. The summed E-state index contributed by atoms with van der Waals surface area (Å²) in [6, 6.07) is 10.4. The molecule has 2 aromatic rings. The number of sulfonamides is 1. The molecule has 7 nitrogen and oxygen atoms in total. The number of benzene rings is 2. The van der Waals surface area contributed by atoms with Crippen molar-refractivity contribution in [1.29, 1.82) is 0 Å². The third-order valence-corrected chi connectivity index (χ3v) is 6.74. The Hall–Kier alpha value is -2.20. The number of amides is 1. The van der Waals surface area contributed by atoms with Crippen molar-refractivity contribution >= 4 is 33.2 Å². The molecule has 0 aromatic heterocycles. The van der Waals surface area contributed by atoms with E-state index in [4.69, 9.17) is 16.3 Å². The van der Waals surface area contributed by atoms with Gasteiger partial charge in [0.2, 0.25) is 15.9 Å². The van der Waals surface area contributed by atoms with Crippen molar-refractivity contribution in [3.05, 3.63) is 53.3 Å². The highest BCUT2D eigenvalue weighted by Gasteiger charge is 2.31. The molecule has 1 fully saturated rings. The number of halogens is 2. The zero-order valence-electron chi connectivity index (χ0n) is 15.8. The van der Waals surface area contributed by atoms with Crippen LogP contribution in [0.25, 0.3) is 0 Å². The fraction of sp³-hybridized carbons (Fsp3) is 0.316. The molecule has 3 rings (SSSR count). The molecule has 0 unspecified atom stereocenters. The van der Waals surface area contributed by atoms with Gasteiger partial charge >= 0.3 is 0 Å². The van der Waals surface area contributed by atoms with Gasteiger partial charge in [0.15, 0.2) is 0 Å². The summed E-state index contributed by atoms with van der Waals surface area (Å²) < 4.78 is 46.1. The Bertz CT molecular complexity index is 995. The molecule has 0 bridgehead atoms. The minimum absolute atomic E-state index is 0.0123. The molecule has 1 amide bonds. The SMILES string of the molecule is COc1ccc(Cl)cc1S(=O)(=O)N1CCN(CC(=O)Nc2ccccc2F)CC1. The van der Waals surface area contributed by atoms with E-state index in [0.29, 0.717) is 18.1 Å². The summed E-state index contributed by atoms with van der Waals surface area (Å²) in [5.74, 6) is -0.642. The third kappa shape index (κ3) is 5.05. The van der Waals surface area contributed by atoms with Crippen LogP contribution in [0, 0.1) is 5.82 Å². The van der Waals surface area contributed by atoms with Crippen LogP contribution in [0.15, 0.2) is 47.4 Å². The van der Waals surface area contributed by atoms with Gasteiger partial charge < -0.3 is 10.1 Å². The van der Waals surface area contributed by atoms with Crippen LogP contribution < -0.4 is 10.1 Å². The lowest BCUT2D eigenvalue weighted by atomic mass is 10.3. The maximum Gasteiger partial charge on any atom is 0.246 e. The van der Waals surface area contributed by atoms with Crippen LogP contribution in [0.4, 0.5) is 10.1 Å². The Balaban J connectivity index is 1.61. The molecule has 1 heterocycles. The smallest absolute Gasteiger partial charge is 0.246 e. The molecular weight excluding hydrogens is 421 g/mol. The number of ether oxygens (including phenoxy) is 1. The summed E-state index contributed by atoms with van der Waals surface area (Å²) in [5, 5.41) is 2.83. The largest absolute Gasteiger partial charge is 0.495 e. The van der Waals surface area contributed by atoms with E-state index in [9.17, 15) is 17.6 Å². The highest BCUT2D eigenvalue weighted by Crippen LogP contribution is 2.30. The van der Waals surface area contributed by atoms with Crippen molar-refractivity contribution in [3.63, 3.8) is 0 Å². The number of hydrogen-bond acceptors (Lipinski definition) is 5. The Morgan fingerprint density at radius 3 is 2.52 bits per heavy atom. The van der Waals surface area contributed by atoms with Crippen molar-refractivity contribution in [2.75, 3.05) is 45.2 Å². The molecule has 2 aromatic carbocycles. The molecule has 1 aliphatic heterocycles. The molecule has 0 radical (unpaired) electrons. The lowest BCUT2D eigenvalue weighted by Gasteiger charge is -2.33. The molecule has 0 saturated carbocycles. The van der Waals surface area contributed by atoms with E-state index < -0.39 is 15.8 Å². The molecule has 1 N–H and O–H groups in total. The summed E-state index contributed by atoms with van der Waals surface area (Å²) in [5.41, 5.74) is 0.117. The minimum atomic E-state index is -3.79. The number of rotatable bonds is 6. The van der Waals surface area contributed by atoms with Gasteiger partial charge in [-0.05, 0) is 30.3 Å². The van der Waals surface area contributed by atoms with Crippen LogP contribution in [-0.2, 0) is 14.8 Å². The maximum atomic E-state index is 13.6. The summed E-state index contributed by atoms with van der Waals surface area (Å²) >= 11 is 5.96.